The first-order valence-electron chi connectivity index (χ1n) is 11.5. The average molecular weight is 480 g/mol. The summed E-state index contributed by atoms with van der Waals surface area (Å²) < 4.78 is 24.9. The van der Waals surface area contributed by atoms with Crippen LogP contribution in [-0.2, 0) is 0 Å². The predicted octanol–water partition coefficient (Wildman–Crippen LogP) is 6.39. The van der Waals surface area contributed by atoms with Crippen LogP contribution in [0.5, 0.6) is 17.2 Å². The van der Waals surface area contributed by atoms with Gasteiger partial charge in [0.1, 0.15) is 30.0 Å². The van der Waals surface area contributed by atoms with Gasteiger partial charge in [-0.25, -0.2) is 0 Å². The van der Waals surface area contributed by atoms with Crippen LogP contribution in [0.15, 0.2) is 66.7 Å². The van der Waals surface area contributed by atoms with Gasteiger partial charge in [-0.05, 0) is 60.0 Å². The molecule has 3 aromatic rings. The van der Waals surface area contributed by atoms with Gasteiger partial charge in [0.25, 0.3) is 0 Å². The Kier molecular flexibility index (Phi) is 6.48. The van der Waals surface area contributed by atoms with E-state index in [9.17, 15) is 9.50 Å². The molecule has 5 rings (SSSR count). The molecule has 2 aliphatic heterocycles. The van der Waals surface area contributed by atoms with Gasteiger partial charge < -0.3 is 14.6 Å². The maximum Gasteiger partial charge on any atom is 0.150 e. The number of aromatic hydroxyl groups is 1. The number of phenolic OH excluding ortho intramolecular Hbond substituents is 1. The average Bonchev–Trinajstić information content (AvgIpc) is 2.80. The Balaban J connectivity index is 1.38. The Labute approximate surface area is 204 Å². The van der Waals surface area contributed by atoms with E-state index >= 15 is 0 Å². The molecule has 6 heteroatoms. The predicted molar refractivity (Wildman–Crippen MR) is 133 cm³/mol. The van der Waals surface area contributed by atoms with Crippen LogP contribution < -0.4 is 9.47 Å². The van der Waals surface area contributed by atoms with Crippen LogP contribution in [0.2, 0.25) is 5.02 Å². The molecule has 1 fully saturated rings. The van der Waals surface area contributed by atoms with Gasteiger partial charge in [-0.1, -0.05) is 35.9 Å². The van der Waals surface area contributed by atoms with Crippen molar-refractivity contribution in [2.75, 3.05) is 32.9 Å². The largest absolute Gasteiger partial charge is 0.508 e. The minimum Gasteiger partial charge on any atom is -0.508 e. The number of phenols is 1. The van der Waals surface area contributed by atoms with Crippen LogP contribution >= 0.6 is 11.6 Å². The molecule has 34 heavy (non-hydrogen) atoms. The third kappa shape index (κ3) is 4.63. The normalized spacial score (nSPS) is 18.3. The van der Waals surface area contributed by atoms with Crippen molar-refractivity contribution >= 4 is 22.7 Å². The molecule has 1 N–H and O–H groups in total. The summed E-state index contributed by atoms with van der Waals surface area (Å²) in [6.07, 6.45) is -0.361. The zero-order valence-corrected chi connectivity index (χ0v) is 19.8. The number of rotatable bonds is 7. The molecule has 3 aromatic carbocycles. The summed E-state index contributed by atoms with van der Waals surface area (Å²) in [4.78, 5) is 2.20. The zero-order chi connectivity index (χ0) is 23.7. The molecule has 0 bridgehead atoms. The summed E-state index contributed by atoms with van der Waals surface area (Å²) >= 11 is 6.31. The lowest BCUT2D eigenvalue weighted by molar-refractivity contribution is 0.0668. The molecule has 1 atom stereocenters. The highest BCUT2D eigenvalue weighted by atomic mass is 35.5. The molecule has 0 amide bonds. The number of hydrogen-bond acceptors (Lipinski definition) is 4. The molecule has 1 saturated heterocycles. The maximum absolute atomic E-state index is 12.6. The number of allylic oxidation sites excluding steroid dienone is 1. The monoisotopic (exact) mass is 479 g/mol. The standard InChI is InChI=1S/C28H27ClFNO3/c1-18-25-10-7-23(32)14-26(25)34-28(27(18)21-3-2-4-22(29)13-21)20-5-8-24(9-6-20)33-12-11-31-16-19(15-30)17-31/h2-10,13-14,19,28,32H,11-12,15-17H2,1H3/t28-/m0/s1. The molecule has 0 unspecified atom stereocenters. The van der Waals surface area contributed by atoms with E-state index in [1.54, 1.807) is 12.1 Å². The molecule has 2 heterocycles. The second-order valence-corrected chi connectivity index (χ2v) is 9.36. The van der Waals surface area contributed by atoms with E-state index in [1.165, 1.54) is 0 Å². The van der Waals surface area contributed by atoms with E-state index in [0.717, 1.165) is 53.2 Å². The molecular weight excluding hydrogens is 453 g/mol. The molecule has 176 valence electrons. The van der Waals surface area contributed by atoms with Crippen LogP contribution in [0.25, 0.3) is 11.1 Å². The third-order valence-electron chi connectivity index (χ3n) is 6.53. The lowest BCUT2D eigenvalue weighted by Crippen LogP contribution is -2.49. The quantitative estimate of drug-likeness (QED) is 0.426. The number of benzene rings is 3. The van der Waals surface area contributed by atoms with E-state index in [4.69, 9.17) is 21.1 Å². The molecule has 0 spiro atoms. The van der Waals surface area contributed by atoms with Crippen molar-refractivity contribution in [1.29, 1.82) is 0 Å². The summed E-state index contributed by atoms with van der Waals surface area (Å²) in [5, 5.41) is 10.7. The van der Waals surface area contributed by atoms with Crippen molar-refractivity contribution in [2.45, 2.75) is 13.0 Å². The Morgan fingerprint density at radius 2 is 1.88 bits per heavy atom. The van der Waals surface area contributed by atoms with E-state index in [1.807, 2.05) is 54.6 Å². The SMILES string of the molecule is CC1=C(c2cccc(Cl)c2)[C@H](c2ccc(OCCN3CC(CF)C3)cc2)Oc2cc(O)ccc21. The summed E-state index contributed by atoms with van der Waals surface area (Å²) in [6.45, 7) is 4.82. The van der Waals surface area contributed by atoms with Gasteiger partial charge in [-0.2, -0.15) is 0 Å². The lowest BCUT2D eigenvalue weighted by Gasteiger charge is -2.37. The number of nitrogens with zero attached hydrogens (tertiary/aromatic N) is 1. The Morgan fingerprint density at radius 3 is 2.62 bits per heavy atom. The van der Waals surface area contributed by atoms with Crippen molar-refractivity contribution in [1.82, 2.24) is 4.90 Å². The lowest BCUT2D eigenvalue weighted by atomic mass is 9.86. The minimum atomic E-state index is -0.361. The van der Waals surface area contributed by atoms with Crippen molar-refractivity contribution in [3.8, 4) is 17.2 Å². The fourth-order valence-electron chi connectivity index (χ4n) is 4.69. The molecule has 0 radical (unpaired) electrons. The fourth-order valence-corrected chi connectivity index (χ4v) is 4.88. The van der Waals surface area contributed by atoms with Gasteiger partial charge in [-0.15, -0.1) is 0 Å². The van der Waals surface area contributed by atoms with Crippen LogP contribution in [0, 0.1) is 5.92 Å². The Morgan fingerprint density at radius 1 is 1.09 bits per heavy atom. The van der Waals surface area contributed by atoms with Crippen molar-refractivity contribution in [2.24, 2.45) is 5.92 Å². The second-order valence-electron chi connectivity index (χ2n) is 8.92. The summed E-state index contributed by atoms with van der Waals surface area (Å²) in [7, 11) is 0. The van der Waals surface area contributed by atoms with E-state index in [0.29, 0.717) is 17.4 Å². The smallest absolute Gasteiger partial charge is 0.150 e. The summed E-state index contributed by atoms with van der Waals surface area (Å²) in [6, 6.07) is 20.9. The molecule has 2 aliphatic rings. The topological polar surface area (TPSA) is 41.9 Å². The van der Waals surface area contributed by atoms with Gasteiger partial charge >= 0.3 is 0 Å². The van der Waals surface area contributed by atoms with Gasteiger partial charge in [0.05, 0.1) is 6.67 Å². The maximum atomic E-state index is 12.6. The summed E-state index contributed by atoms with van der Waals surface area (Å²) in [5.41, 5.74) is 5.04. The highest BCUT2D eigenvalue weighted by Gasteiger charge is 2.30. The van der Waals surface area contributed by atoms with E-state index in [-0.39, 0.29) is 24.4 Å². The Bertz CT molecular complexity index is 1200. The number of ether oxygens (including phenoxy) is 2. The van der Waals surface area contributed by atoms with Gasteiger partial charge in [-0.3, -0.25) is 9.29 Å². The van der Waals surface area contributed by atoms with Crippen LogP contribution in [0.1, 0.15) is 29.7 Å². The van der Waals surface area contributed by atoms with Gasteiger partial charge in [0, 0.05) is 47.8 Å². The first kappa shape index (κ1) is 22.8. The number of halogens is 2. The van der Waals surface area contributed by atoms with E-state index in [2.05, 4.69) is 11.8 Å². The highest BCUT2D eigenvalue weighted by Crippen LogP contribution is 2.47. The number of hydrogen-bond donors (Lipinski definition) is 1. The number of likely N-dealkylation sites (tertiary alicyclic amines) is 1. The van der Waals surface area contributed by atoms with Gasteiger partial charge in [0.2, 0.25) is 0 Å². The number of fused-ring (bicyclic) bond motifs is 1. The third-order valence-corrected chi connectivity index (χ3v) is 6.76. The van der Waals surface area contributed by atoms with Gasteiger partial charge in [0.15, 0.2) is 0 Å². The molecular formula is C28H27ClFNO3. The second kappa shape index (κ2) is 9.69. The molecule has 4 nitrogen and oxygen atoms in total. The van der Waals surface area contributed by atoms with Crippen molar-refractivity contribution in [3.05, 3.63) is 88.4 Å². The summed E-state index contributed by atoms with van der Waals surface area (Å²) in [5.74, 6) is 1.78. The first-order valence-corrected chi connectivity index (χ1v) is 11.9. The van der Waals surface area contributed by atoms with Crippen LogP contribution in [-0.4, -0.2) is 42.9 Å². The molecule has 0 aromatic heterocycles. The molecule has 0 saturated carbocycles. The Hall–Kier alpha value is -3.02. The first-order chi connectivity index (χ1) is 16.5. The van der Waals surface area contributed by atoms with E-state index < -0.39 is 0 Å². The van der Waals surface area contributed by atoms with Crippen molar-refractivity contribution < 1.29 is 19.0 Å². The fraction of sp³-hybridized carbons (Fsp3) is 0.286. The van der Waals surface area contributed by atoms with Crippen LogP contribution in [0.3, 0.4) is 0 Å². The number of alkyl halides is 1. The molecule has 0 aliphatic carbocycles. The minimum absolute atomic E-state index is 0.167. The van der Waals surface area contributed by atoms with Crippen LogP contribution in [0.4, 0.5) is 4.39 Å². The highest BCUT2D eigenvalue weighted by molar-refractivity contribution is 6.30. The van der Waals surface area contributed by atoms with Crippen molar-refractivity contribution in [3.63, 3.8) is 0 Å². The zero-order valence-electron chi connectivity index (χ0n) is 19.0.